The Balaban J connectivity index is 1.54. The van der Waals surface area contributed by atoms with Gasteiger partial charge in [-0.15, -0.1) is 0 Å². The Kier molecular flexibility index (Phi) is 6.02. The number of nitrogen functional groups attached to an aromatic ring is 1. The molecule has 1 fully saturated rings. The first-order valence-corrected chi connectivity index (χ1v) is 10.6. The quantitative estimate of drug-likeness (QED) is 0.532. The van der Waals surface area contributed by atoms with Crippen LogP contribution in [0.25, 0.3) is 0 Å². The van der Waals surface area contributed by atoms with E-state index in [4.69, 9.17) is 5.73 Å². The minimum absolute atomic E-state index is 0.0761. The molecule has 3 aromatic heterocycles. The molecule has 0 spiro atoms. The highest BCUT2D eigenvalue weighted by atomic mass is 19.4. The summed E-state index contributed by atoms with van der Waals surface area (Å²) in [5.41, 5.74) is 7.00. The highest BCUT2D eigenvalue weighted by Crippen LogP contribution is 2.30. The Morgan fingerprint density at radius 3 is 2.56 bits per heavy atom. The van der Waals surface area contributed by atoms with Crippen molar-refractivity contribution < 1.29 is 18.0 Å². The van der Waals surface area contributed by atoms with Crippen LogP contribution in [-0.2, 0) is 25.7 Å². The zero-order valence-electron chi connectivity index (χ0n) is 18.2. The predicted octanol–water partition coefficient (Wildman–Crippen LogP) is 1.61. The number of hydrogen-bond acceptors (Lipinski definition) is 6. The molecule has 13 heteroatoms. The molecule has 0 saturated heterocycles. The van der Waals surface area contributed by atoms with E-state index in [-0.39, 0.29) is 42.4 Å². The van der Waals surface area contributed by atoms with Crippen LogP contribution >= 0.6 is 0 Å². The zero-order valence-corrected chi connectivity index (χ0v) is 18.2. The molecule has 0 atom stereocenters. The number of carbonyl (C=O) groups is 1. The SMILES string of the molecule is CCc1c(N)n(NC(=O)c2cnn(Cc3ccc(C(F)(F)F)nc3)c2)c(=O)n(CC2CC2)c1=O. The van der Waals surface area contributed by atoms with Gasteiger partial charge in [0.25, 0.3) is 11.5 Å². The summed E-state index contributed by atoms with van der Waals surface area (Å²) in [6.45, 7) is 2.07. The summed E-state index contributed by atoms with van der Waals surface area (Å²) < 4.78 is 41.3. The number of amides is 1. The van der Waals surface area contributed by atoms with E-state index in [1.807, 2.05) is 0 Å². The Hall–Kier alpha value is -3.90. The summed E-state index contributed by atoms with van der Waals surface area (Å²) in [6.07, 6.45) is 1.30. The summed E-state index contributed by atoms with van der Waals surface area (Å²) in [7, 11) is 0. The van der Waals surface area contributed by atoms with E-state index in [0.29, 0.717) is 5.56 Å². The predicted molar refractivity (Wildman–Crippen MR) is 116 cm³/mol. The van der Waals surface area contributed by atoms with Crippen LogP contribution in [0, 0.1) is 5.92 Å². The van der Waals surface area contributed by atoms with E-state index in [0.717, 1.165) is 34.3 Å². The van der Waals surface area contributed by atoms with E-state index in [1.54, 1.807) is 6.92 Å². The first-order chi connectivity index (χ1) is 16.1. The average molecular weight is 477 g/mol. The van der Waals surface area contributed by atoms with Crippen LogP contribution in [0.2, 0.25) is 0 Å². The molecule has 180 valence electrons. The number of carbonyl (C=O) groups excluding carboxylic acids is 1. The van der Waals surface area contributed by atoms with Crippen molar-refractivity contribution in [1.82, 2.24) is 24.0 Å². The van der Waals surface area contributed by atoms with Crippen molar-refractivity contribution in [3.8, 4) is 0 Å². The lowest BCUT2D eigenvalue weighted by atomic mass is 10.2. The largest absolute Gasteiger partial charge is 0.433 e. The number of aromatic nitrogens is 5. The van der Waals surface area contributed by atoms with E-state index in [9.17, 15) is 27.6 Å². The van der Waals surface area contributed by atoms with Gasteiger partial charge >= 0.3 is 11.9 Å². The summed E-state index contributed by atoms with van der Waals surface area (Å²) in [5, 5.41) is 4.04. The average Bonchev–Trinajstić information content (AvgIpc) is 3.49. The third-order valence-corrected chi connectivity index (χ3v) is 5.54. The van der Waals surface area contributed by atoms with Crippen molar-refractivity contribution in [3.05, 3.63) is 73.9 Å². The van der Waals surface area contributed by atoms with E-state index in [2.05, 4.69) is 15.5 Å². The molecule has 1 aliphatic rings. The van der Waals surface area contributed by atoms with Crippen LogP contribution in [-0.4, -0.2) is 29.9 Å². The van der Waals surface area contributed by atoms with Crippen molar-refractivity contribution in [2.24, 2.45) is 5.92 Å². The summed E-state index contributed by atoms with van der Waals surface area (Å²) >= 11 is 0. The second kappa shape index (κ2) is 8.80. The number of pyridine rings is 1. The fourth-order valence-corrected chi connectivity index (χ4v) is 3.48. The van der Waals surface area contributed by atoms with Gasteiger partial charge in [0, 0.05) is 18.9 Å². The van der Waals surface area contributed by atoms with E-state index >= 15 is 0 Å². The Morgan fingerprint density at radius 2 is 1.97 bits per heavy atom. The number of nitrogens with zero attached hydrogens (tertiary/aromatic N) is 5. The number of hydrogen-bond donors (Lipinski definition) is 2. The van der Waals surface area contributed by atoms with Gasteiger partial charge in [-0.3, -0.25) is 29.2 Å². The first-order valence-electron chi connectivity index (χ1n) is 10.6. The maximum atomic E-state index is 12.9. The van der Waals surface area contributed by atoms with Crippen molar-refractivity contribution in [2.45, 2.75) is 45.5 Å². The molecular weight excluding hydrogens is 455 g/mol. The van der Waals surface area contributed by atoms with Crippen LogP contribution in [0.1, 0.15) is 46.9 Å². The van der Waals surface area contributed by atoms with Gasteiger partial charge in [0.15, 0.2) is 0 Å². The maximum Gasteiger partial charge on any atom is 0.433 e. The summed E-state index contributed by atoms with van der Waals surface area (Å²) in [4.78, 5) is 41.7. The lowest BCUT2D eigenvalue weighted by Crippen LogP contribution is -2.47. The van der Waals surface area contributed by atoms with Gasteiger partial charge in [-0.05, 0) is 36.8 Å². The molecule has 0 aromatic carbocycles. The van der Waals surface area contributed by atoms with Crippen molar-refractivity contribution in [1.29, 1.82) is 0 Å². The number of alkyl halides is 3. The molecule has 3 aromatic rings. The molecule has 0 unspecified atom stereocenters. The molecule has 0 radical (unpaired) electrons. The molecule has 34 heavy (non-hydrogen) atoms. The number of halogens is 3. The van der Waals surface area contributed by atoms with Crippen LogP contribution < -0.4 is 22.4 Å². The van der Waals surface area contributed by atoms with Crippen LogP contribution in [0.5, 0.6) is 0 Å². The van der Waals surface area contributed by atoms with Crippen molar-refractivity contribution >= 4 is 11.7 Å². The maximum absolute atomic E-state index is 12.9. The third kappa shape index (κ3) is 4.72. The fraction of sp³-hybridized carbons (Fsp3) is 0.381. The van der Waals surface area contributed by atoms with E-state index in [1.165, 1.54) is 23.1 Å². The minimum atomic E-state index is -4.53. The molecule has 3 N–H and O–H groups in total. The van der Waals surface area contributed by atoms with Gasteiger partial charge in [0.2, 0.25) is 0 Å². The van der Waals surface area contributed by atoms with Gasteiger partial charge in [-0.1, -0.05) is 13.0 Å². The Bertz CT molecular complexity index is 1340. The van der Waals surface area contributed by atoms with Crippen molar-refractivity contribution in [2.75, 3.05) is 11.2 Å². The van der Waals surface area contributed by atoms with E-state index < -0.39 is 29.0 Å². The number of rotatable bonds is 7. The van der Waals surface area contributed by atoms with Crippen molar-refractivity contribution in [3.63, 3.8) is 0 Å². The lowest BCUT2D eigenvalue weighted by Gasteiger charge is -2.16. The van der Waals surface area contributed by atoms with Gasteiger partial charge in [-0.2, -0.15) is 22.9 Å². The van der Waals surface area contributed by atoms with Gasteiger partial charge in [0.05, 0.1) is 23.9 Å². The molecule has 3 heterocycles. The second-order valence-corrected chi connectivity index (χ2v) is 8.11. The molecule has 0 aliphatic heterocycles. The molecular formula is C21H22F3N7O3. The number of anilines is 1. The fourth-order valence-electron chi connectivity index (χ4n) is 3.48. The topological polar surface area (TPSA) is 130 Å². The van der Waals surface area contributed by atoms with Crippen LogP contribution in [0.15, 0.2) is 40.3 Å². The van der Waals surface area contributed by atoms with Gasteiger partial charge in [-0.25, -0.2) is 4.79 Å². The zero-order chi connectivity index (χ0) is 24.6. The van der Waals surface area contributed by atoms with Gasteiger partial charge < -0.3 is 5.73 Å². The molecule has 4 rings (SSSR count). The van der Waals surface area contributed by atoms with Crippen LogP contribution in [0.3, 0.4) is 0 Å². The smallest absolute Gasteiger partial charge is 0.383 e. The standard InChI is InChI=1S/C21H22F3N7O3/c1-2-15-17(25)31(20(34)30(19(15)33)10-12-3-4-12)28-18(32)14-8-27-29(11-14)9-13-5-6-16(26-7-13)21(22,23)24/h5-8,11-12H,2-4,9-10,25H2,1H3,(H,28,32). The Labute approximate surface area is 190 Å². The third-order valence-electron chi connectivity index (χ3n) is 5.54. The summed E-state index contributed by atoms with van der Waals surface area (Å²) in [6, 6.07) is 2.14. The summed E-state index contributed by atoms with van der Waals surface area (Å²) in [5.74, 6) is -0.578. The highest BCUT2D eigenvalue weighted by Gasteiger charge is 2.32. The molecule has 1 saturated carbocycles. The monoisotopic (exact) mass is 477 g/mol. The molecule has 1 aliphatic carbocycles. The molecule has 1 amide bonds. The minimum Gasteiger partial charge on any atom is -0.383 e. The first kappa shape index (κ1) is 23.3. The lowest BCUT2D eigenvalue weighted by molar-refractivity contribution is -0.141. The van der Waals surface area contributed by atoms with Gasteiger partial charge in [0.1, 0.15) is 11.5 Å². The normalized spacial score (nSPS) is 13.8. The Morgan fingerprint density at radius 1 is 1.24 bits per heavy atom. The highest BCUT2D eigenvalue weighted by molar-refractivity contribution is 5.99. The number of nitrogens with one attached hydrogen (secondary N) is 1. The van der Waals surface area contributed by atoms with Crippen LogP contribution in [0.4, 0.5) is 19.0 Å². The second-order valence-electron chi connectivity index (χ2n) is 8.11. The molecule has 0 bridgehead atoms. The molecule has 10 nitrogen and oxygen atoms in total. The number of nitrogens with two attached hydrogens (primary N) is 1.